The molecule has 0 spiro atoms. The number of carbonyl (C=O) groups is 2. The van der Waals surface area contributed by atoms with Gasteiger partial charge in [0.15, 0.2) is 0 Å². The number of rotatable bonds is 2. The molecule has 3 rings (SSSR count). The molecular weight excluding hydrogens is 313 g/mol. The molecule has 5 nitrogen and oxygen atoms in total. The fraction of sp³-hybridized carbons (Fsp3) is 0.467. The highest BCUT2D eigenvalue weighted by molar-refractivity contribution is 5.97. The number of piperazine rings is 1. The molecule has 1 aromatic rings. The smallest absolute Gasteiger partial charge is 0.391 e. The van der Waals surface area contributed by atoms with Crippen LogP contribution in [-0.2, 0) is 22.2 Å². The average Bonchev–Trinajstić information content (AvgIpc) is 2.87. The Bertz CT molecular complexity index is 630. The van der Waals surface area contributed by atoms with Crippen molar-refractivity contribution in [3.05, 3.63) is 35.4 Å². The monoisotopic (exact) mass is 328 g/mol. The highest BCUT2D eigenvalue weighted by atomic mass is 19.4. The van der Waals surface area contributed by atoms with Crippen molar-refractivity contribution in [3.63, 3.8) is 0 Å². The first kappa shape index (κ1) is 15.8. The average molecular weight is 328 g/mol. The normalized spacial score (nSPS) is 27.8. The fourth-order valence-electron chi connectivity index (χ4n) is 3.04. The van der Waals surface area contributed by atoms with Gasteiger partial charge in [0.25, 0.3) is 0 Å². The summed E-state index contributed by atoms with van der Waals surface area (Å²) >= 11 is 0. The number of carbonyl (C=O) groups excluding carboxylic acids is 2. The third kappa shape index (κ3) is 3.03. The number of nitrogens with one attached hydrogen (secondary N) is 1. The van der Waals surface area contributed by atoms with Gasteiger partial charge < -0.3 is 15.3 Å². The third-order valence-corrected chi connectivity index (χ3v) is 4.20. The lowest BCUT2D eigenvalue weighted by Crippen LogP contribution is -2.61. The number of halogens is 3. The Hall–Kier alpha value is -2.09. The zero-order valence-electron chi connectivity index (χ0n) is 12.0. The number of benzene rings is 1. The maximum absolute atomic E-state index is 12.5. The van der Waals surface area contributed by atoms with Gasteiger partial charge in [-0.3, -0.25) is 9.59 Å². The summed E-state index contributed by atoms with van der Waals surface area (Å²) in [5.41, 5.74) is -0.238. The standard InChI is InChI=1S/C15H15F3N2O3/c16-15(17,18)9-3-1-8(2-4-9)5-11-14(23)20-7-10(21)6-12(20)13(22)19-11/h1-4,10-12,21H,5-7H2,(H,19,22)/t10-,11+,12+/m1/s1. The molecule has 0 bridgehead atoms. The van der Waals surface area contributed by atoms with Gasteiger partial charge in [0, 0.05) is 19.4 Å². The molecule has 0 saturated carbocycles. The Balaban J connectivity index is 1.73. The van der Waals surface area contributed by atoms with E-state index in [1.165, 1.54) is 17.0 Å². The first-order valence-corrected chi connectivity index (χ1v) is 7.21. The number of alkyl halides is 3. The summed E-state index contributed by atoms with van der Waals surface area (Å²) in [5.74, 6) is -0.649. The molecule has 0 aliphatic carbocycles. The zero-order valence-corrected chi connectivity index (χ0v) is 12.0. The summed E-state index contributed by atoms with van der Waals surface area (Å²) in [6, 6.07) is 3.03. The number of aliphatic hydroxyl groups excluding tert-OH is 1. The molecule has 2 aliphatic rings. The van der Waals surface area contributed by atoms with E-state index in [0.717, 1.165) is 12.1 Å². The number of hydrogen-bond acceptors (Lipinski definition) is 3. The van der Waals surface area contributed by atoms with E-state index < -0.39 is 29.9 Å². The van der Waals surface area contributed by atoms with Crippen molar-refractivity contribution in [1.29, 1.82) is 0 Å². The topological polar surface area (TPSA) is 69.6 Å². The molecule has 2 heterocycles. The second kappa shape index (κ2) is 5.52. The lowest BCUT2D eigenvalue weighted by Gasteiger charge is -2.34. The van der Waals surface area contributed by atoms with Gasteiger partial charge >= 0.3 is 6.18 Å². The van der Waals surface area contributed by atoms with Crippen molar-refractivity contribution >= 4 is 11.8 Å². The van der Waals surface area contributed by atoms with Crippen molar-refractivity contribution < 1.29 is 27.9 Å². The number of nitrogens with zero attached hydrogens (tertiary/aromatic N) is 1. The molecule has 0 radical (unpaired) electrons. The van der Waals surface area contributed by atoms with E-state index in [1.54, 1.807) is 0 Å². The molecule has 23 heavy (non-hydrogen) atoms. The fourth-order valence-corrected chi connectivity index (χ4v) is 3.04. The predicted octanol–water partition coefficient (Wildman–Crippen LogP) is 0.708. The van der Waals surface area contributed by atoms with Crippen molar-refractivity contribution in [2.75, 3.05) is 6.54 Å². The molecule has 1 aromatic carbocycles. The quantitative estimate of drug-likeness (QED) is 0.840. The summed E-state index contributed by atoms with van der Waals surface area (Å²) in [4.78, 5) is 25.7. The lowest BCUT2D eigenvalue weighted by molar-refractivity contribution is -0.147. The van der Waals surface area contributed by atoms with Gasteiger partial charge in [-0.25, -0.2) is 0 Å². The number of hydrogen-bond donors (Lipinski definition) is 2. The van der Waals surface area contributed by atoms with E-state index >= 15 is 0 Å². The largest absolute Gasteiger partial charge is 0.416 e. The van der Waals surface area contributed by atoms with Gasteiger partial charge in [-0.2, -0.15) is 13.2 Å². The number of amides is 2. The Morgan fingerprint density at radius 2 is 1.87 bits per heavy atom. The molecule has 2 N–H and O–H groups in total. The molecule has 2 amide bonds. The van der Waals surface area contributed by atoms with E-state index in [-0.39, 0.29) is 31.2 Å². The maximum atomic E-state index is 12.5. The minimum absolute atomic E-state index is 0.112. The molecule has 0 aromatic heterocycles. The molecule has 8 heteroatoms. The van der Waals surface area contributed by atoms with Crippen LogP contribution in [0.25, 0.3) is 0 Å². The number of fused-ring (bicyclic) bond motifs is 1. The van der Waals surface area contributed by atoms with Crippen LogP contribution in [0.1, 0.15) is 17.5 Å². The van der Waals surface area contributed by atoms with Crippen LogP contribution in [0, 0.1) is 0 Å². The third-order valence-electron chi connectivity index (χ3n) is 4.20. The summed E-state index contributed by atoms with van der Waals surface area (Å²) in [7, 11) is 0. The van der Waals surface area contributed by atoms with Crippen molar-refractivity contribution in [1.82, 2.24) is 10.2 Å². The first-order chi connectivity index (χ1) is 10.8. The molecule has 3 atom stereocenters. The van der Waals surface area contributed by atoms with E-state index in [0.29, 0.717) is 5.56 Å². The maximum Gasteiger partial charge on any atom is 0.416 e. The molecule has 2 aliphatic heterocycles. The zero-order chi connectivity index (χ0) is 16.8. The Kier molecular flexibility index (Phi) is 3.79. The SMILES string of the molecule is O=C1N[C@@H](Cc2ccc(C(F)(F)F)cc2)C(=O)N2C[C@H](O)C[C@@H]12. The highest BCUT2D eigenvalue weighted by Gasteiger charge is 2.45. The summed E-state index contributed by atoms with van der Waals surface area (Å²) in [6.45, 7) is 0.112. The Labute approximate surface area is 130 Å². The molecule has 0 unspecified atom stereocenters. The van der Waals surface area contributed by atoms with Crippen LogP contribution in [0.15, 0.2) is 24.3 Å². The van der Waals surface area contributed by atoms with Gasteiger partial charge in [-0.1, -0.05) is 12.1 Å². The lowest BCUT2D eigenvalue weighted by atomic mass is 10.00. The van der Waals surface area contributed by atoms with E-state index in [9.17, 15) is 27.9 Å². The van der Waals surface area contributed by atoms with E-state index in [2.05, 4.69) is 5.32 Å². The van der Waals surface area contributed by atoms with E-state index in [1.807, 2.05) is 0 Å². The van der Waals surface area contributed by atoms with E-state index in [4.69, 9.17) is 0 Å². The van der Waals surface area contributed by atoms with Gasteiger partial charge in [0.2, 0.25) is 11.8 Å². The van der Waals surface area contributed by atoms with Crippen molar-refractivity contribution in [3.8, 4) is 0 Å². The molecule has 2 saturated heterocycles. The van der Waals surface area contributed by atoms with Gasteiger partial charge in [-0.05, 0) is 17.7 Å². The molecule has 2 fully saturated rings. The first-order valence-electron chi connectivity index (χ1n) is 7.21. The molecule has 124 valence electrons. The summed E-state index contributed by atoms with van der Waals surface area (Å²) < 4.78 is 37.6. The summed E-state index contributed by atoms with van der Waals surface area (Å²) in [6.07, 6.45) is -4.81. The van der Waals surface area contributed by atoms with Gasteiger partial charge in [0.05, 0.1) is 11.7 Å². The second-order valence-corrected chi connectivity index (χ2v) is 5.86. The number of aliphatic hydroxyl groups is 1. The Morgan fingerprint density at radius 3 is 2.48 bits per heavy atom. The minimum Gasteiger partial charge on any atom is -0.391 e. The molecular formula is C15H15F3N2O3. The van der Waals surface area contributed by atoms with Crippen LogP contribution in [0.2, 0.25) is 0 Å². The van der Waals surface area contributed by atoms with Crippen molar-refractivity contribution in [2.24, 2.45) is 0 Å². The van der Waals surface area contributed by atoms with Gasteiger partial charge in [0.1, 0.15) is 12.1 Å². The van der Waals surface area contributed by atoms with Crippen LogP contribution >= 0.6 is 0 Å². The minimum atomic E-state index is -4.41. The Morgan fingerprint density at radius 1 is 1.22 bits per heavy atom. The predicted molar refractivity (Wildman–Crippen MR) is 73.2 cm³/mol. The van der Waals surface area contributed by atoms with Crippen LogP contribution in [-0.4, -0.2) is 46.6 Å². The van der Waals surface area contributed by atoms with Gasteiger partial charge in [-0.15, -0.1) is 0 Å². The summed E-state index contributed by atoms with van der Waals surface area (Å²) in [5, 5.41) is 12.2. The van der Waals surface area contributed by atoms with Crippen LogP contribution < -0.4 is 5.32 Å². The van der Waals surface area contributed by atoms with Crippen molar-refractivity contribution in [2.45, 2.75) is 37.2 Å². The second-order valence-electron chi connectivity index (χ2n) is 5.86. The van der Waals surface area contributed by atoms with Crippen LogP contribution in [0.3, 0.4) is 0 Å². The highest BCUT2D eigenvalue weighted by Crippen LogP contribution is 2.29. The van der Waals surface area contributed by atoms with Crippen LogP contribution in [0.4, 0.5) is 13.2 Å². The van der Waals surface area contributed by atoms with Crippen LogP contribution in [0.5, 0.6) is 0 Å².